The lowest BCUT2D eigenvalue weighted by atomic mass is 10.3. The lowest BCUT2D eigenvalue weighted by Crippen LogP contribution is -2.41. The van der Waals surface area contributed by atoms with Crippen LogP contribution in [0.3, 0.4) is 0 Å². The zero-order valence-corrected chi connectivity index (χ0v) is 7.14. The van der Waals surface area contributed by atoms with E-state index >= 15 is 0 Å². The molecule has 1 atom stereocenters. The summed E-state index contributed by atoms with van der Waals surface area (Å²) in [6.07, 6.45) is 0. The second-order valence-electron chi connectivity index (χ2n) is 1.93. The van der Waals surface area contributed by atoms with E-state index in [0.717, 1.165) is 0 Å². The maximum absolute atomic E-state index is 10.8. The third-order valence-electron chi connectivity index (χ3n) is 1.02. The van der Waals surface area contributed by atoms with Gasteiger partial charge in [0, 0.05) is 6.92 Å². The molecule has 1 amide bonds. The van der Waals surface area contributed by atoms with Gasteiger partial charge >= 0.3 is 5.97 Å². The van der Waals surface area contributed by atoms with Crippen LogP contribution in [-0.2, 0) is 14.3 Å². The summed E-state index contributed by atoms with van der Waals surface area (Å²) < 4.78 is 4.37. The van der Waals surface area contributed by atoms with Gasteiger partial charge in [0.2, 0.25) is 5.91 Å². The quantitative estimate of drug-likeness (QED) is 0.487. The molecule has 0 rings (SSSR count). The SMILES string of the molecule is COC(=O)[C@H](CCl)NC(C)=O. The minimum Gasteiger partial charge on any atom is -0.467 e. The number of hydrogen-bond acceptors (Lipinski definition) is 3. The lowest BCUT2D eigenvalue weighted by molar-refractivity contribution is -0.144. The summed E-state index contributed by atoms with van der Waals surface area (Å²) >= 11 is 5.37. The van der Waals surface area contributed by atoms with Gasteiger partial charge in [-0.3, -0.25) is 4.79 Å². The maximum Gasteiger partial charge on any atom is 0.329 e. The molecular formula is C6H10ClNO3. The van der Waals surface area contributed by atoms with Gasteiger partial charge in [-0.25, -0.2) is 4.79 Å². The summed E-state index contributed by atoms with van der Waals surface area (Å²) in [6.45, 7) is 1.31. The summed E-state index contributed by atoms with van der Waals surface area (Å²) in [6, 6.07) is -0.737. The van der Waals surface area contributed by atoms with E-state index in [0.29, 0.717) is 0 Å². The first-order valence-electron chi connectivity index (χ1n) is 3.02. The van der Waals surface area contributed by atoms with Crippen molar-refractivity contribution in [1.29, 1.82) is 0 Å². The molecule has 0 fully saturated rings. The van der Waals surface area contributed by atoms with E-state index in [4.69, 9.17) is 11.6 Å². The molecule has 0 aromatic rings. The summed E-state index contributed by atoms with van der Waals surface area (Å²) in [7, 11) is 1.24. The van der Waals surface area contributed by atoms with Gasteiger partial charge in [-0.05, 0) is 0 Å². The molecule has 11 heavy (non-hydrogen) atoms. The van der Waals surface area contributed by atoms with Crippen molar-refractivity contribution in [3.05, 3.63) is 0 Å². The molecule has 0 bridgehead atoms. The van der Waals surface area contributed by atoms with Crippen LogP contribution in [0.2, 0.25) is 0 Å². The molecule has 0 radical (unpaired) electrons. The predicted molar refractivity (Wildman–Crippen MR) is 40.3 cm³/mol. The van der Waals surface area contributed by atoms with Crippen molar-refractivity contribution >= 4 is 23.5 Å². The molecule has 64 valence electrons. The van der Waals surface area contributed by atoms with Crippen molar-refractivity contribution in [2.24, 2.45) is 0 Å². The normalized spacial score (nSPS) is 11.9. The van der Waals surface area contributed by atoms with E-state index < -0.39 is 12.0 Å². The van der Waals surface area contributed by atoms with Crippen molar-refractivity contribution in [2.45, 2.75) is 13.0 Å². The zero-order valence-electron chi connectivity index (χ0n) is 6.39. The van der Waals surface area contributed by atoms with Crippen LogP contribution in [0.15, 0.2) is 0 Å². The number of halogens is 1. The predicted octanol–water partition coefficient (Wildman–Crippen LogP) is -0.0971. The van der Waals surface area contributed by atoms with Crippen molar-refractivity contribution in [3.63, 3.8) is 0 Å². The van der Waals surface area contributed by atoms with Gasteiger partial charge in [0.25, 0.3) is 0 Å². The Morgan fingerprint density at radius 2 is 2.18 bits per heavy atom. The summed E-state index contributed by atoms with van der Waals surface area (Å²) in [4.78, 5) is 21.2. The standard InChI is InChI=1S/C6H10ClNO3/c1-4(9)8-5(3-7)6(10)11-2/h5H,3H2,1-2H3,(H,8,9)/t5-/m0/s1. The minimum absolute atomic E-state index is 0.0201. The van der Waals surface area contributed by atoms with Crippen molar-refractivity contribution < 1.29 is 14.3 Å². The average molecular weight is 180 g/mol. The van der Waals surface area contributed by atoms with E-state index in [1.807, 2.05) is 0 Å². The van der Waals surface area contributed by atoms with Gasteiger partial charge in [-0.15, -0.1) is 11.6 Å². The zero-order chi connectivity index (χ0) is 8.85. The summed E-state index contributed by atoms with van der Waals surface area (Å²) in [5.41, 5.74) is 0. The van der Waals surface area contributed by atoms with Gasteiger partial charge in [-0.2, -0.15) is 0 Å². The first-order chi connectivity index (χ1) is 5.11. The first-order valence-corrected chi connectivity index (χ1v) is 3.56. The Hall–Kier alpha value is -0.770. The van der Waals surface area contributed by atoms with E-state index in [1.165, 1.54) is 14.0 Å². The van der Waals surface area contributed by atoms with E-state index in [2.05, 4.69) is 10.1 Å². The molecule has 0 aliphatic heterocycles. The van der Waals surface area contributed by atoms with E-state index in [-0.39, 0.29) is 11.8 Å². The number of amides is 1. The number of esters is 1. The Bertz CT molecular complexity index is 160. The van der Waals surface area contributed by atoms with E-state index in [1.54, 1.807) is 0 Å². The molecule has 5 heteroatoms. The fourth-order valence-electron chi connectivity index (χ4n) is 0.548. The molecule has 1 N–H and O–H groups in total. The second-order valence-corrected chi connectivity index (χ2v) is 2.24. The van der Waals surface area contributed by atoms with Gasteiger partial charge in [0.05, 0.1) is 13.0 Å². The van der Waals surface area contributed by atoms with Crippen LogP contribution in [-0.4, -0.2) is 30.9 Å². The Kier molecular flexibility index (Phi) is 4.61. The van der Waals surface area contributed by atoms with Crippen molar-refractivity contribution in [3.8, 4) is 0 Å². The number of nitrogens with one attached hydrogen (secondary N) is 1. The van der Waals surface area contributed by atoms with Crippen LogP contribution in [0.5, 0.6) is 0 Å². The Labute approximate surface area is 69.9 Å². The third kappa shape index (κ3) is 3.83. The Balaban J connectivity index is 3.94. The monoisotopic (exact) mass is 179 g/mol. The van der Waals surface area contributed by atoms with Gasteiger partial charge < -0.3 is 10.1 Å². The van der Waals surface area contributed by atoms with Gasteiger partial charge in [0.1, 0.15) is 6.04 Å². The number of rotatable bonds is 3. The molecule has 4 nitrogen and oxygen atoms in total. The topological polar surface area (TPSA) is 55.4 Å². The average Bonchev–Trinajstić information content (AvgIpc) is 1.98. The molecule has 0 saturated heterocycles. The fraction of sp³-hybridized carbons (Fsp3) is 0.667. The van der Waals surface area contributed by atoms with E-state index in [9.17, 15) is 9.59 Å². The molecule has 0 aliphatic rings. The molecule has 0 aromatic carbocycles. The smallest absolute Gasteiger partial charge is 0.329 e. The molecule has 0 aliphatic carbocycles. The second kappa shape index (κ2) is 4.96. The summed E-state index contributed by atoms with van der Waals surface area (Å²) in [5.74, 6) is -0.817. The molecule has 0 unspecified atom stereocenters. The number of methoxy groups -OCH3 is 1. The number of alkyl halides is 1. The Morgan fingerprint density at radius 1 is 1.64 bits per heavy atom. The first kappa shape index (κ1) is 10.2. The number of carbonyl (C=O) groups excluding carboxylic acids is 2. The van der Waals surface area contributed by atoms with Crippen molar-refractivity contribution in [2.75, 3.05) is 13.0 Å². The number of ether oxygens (including phenoxy) is 1. The number of carbonyl (C=O) groups is 2. The molecular weight excluding hydrogens is 170 g/mol. The minimum atomic E-state index is -0.737. The maximum atomic E-state index is 10.8. The highest BCUT2D eigenvalue weighted by Crippen LogP contribution is 1.91. The molecule has 0 spiro atoms. The fourth-order valence-corrected chi connectivity index (χ4v) is 0.751. The number of hydrogen-bond donors (Lipinski definition) is 1. The van der Waals surface area contributed by atoms with Crippen LogP contribution in [0.4, 0.5) is 0 Å². The molecule has 0 saturated carbocycles. The van der Waals surface area contributed by atoms with Crippen LogP contribution < -0.4 is 5.32 Å². The van der Waals surface area contributed by atoms with Crippen LogP contribution >= 0.6 is 11.6 Å². The highest BCUT2D eigenvalue weighted by atomic mass is 35.5. The Morgan fingerprint density at radius 3 is 2.45 bits per heavy atom. The van der Waals surface area contributed by atoms with Gasteiger partial charge in [-0.1, -0.05) is 0 Å². The summed E-state index contributed by atoms with van der Waals surface area (Å²) in [5, 5.41) is 2.33. The van der Waals surface area contributed by atoms with Crippen LogP contribution in [0.1, 0.15) is 6.92 Å². The largest absolute Gasteiger partial charge is 0.467 e. The molecule has 0 heterocycles. The lowest BCUT2D eigenvalue weighted by Gasteiger charge is -2.10. The van der Waals surface area contributed by atoms with Crippen LogP contribution in [0.25, 0.3) is 0 Å². The van der Waals surface area contributed by atoms with Crippen LogP contribution in [0, 0.1) is 0 Å². The van der Waals surface area contributed by atoms with Crippen molar-refractivity contribution in [1.82, 2.24) is 5.32 Å². The van der Waals surface area contributed by atoms with Gasteiger partial charge in [0.15, 0.2) is 0 Å². The third-order valence-corrected chi connectivity index (χ3v) is 1.33. The highest BCUT2D eigenvalue weighted by molar-refractivity contribution is 6.19. The highest BCUT2D eigenvalue weighted by Gasteiger charge is 2.17. The molecule has 0 aromatic heterocycles.